The maximum Gasteiger partial charge on any atom is 0.160 e. The molecule has 0 saturated carbocycles. The molecule has 0 radical (unpaired) electrons. The molecule has 0 fully saturated rings. The first kappa shape index (κ1) is 12.2. The molecule has 3 nitrogen and oxygen atoms in total. The predicted molar refractivity (Wildman–Crippen MR) is 76.2 cm³/mol. The number of hydrogen-bond acceptors (Lipinski definition) is 3. The minimum atomic E-state index is 0.732. The summed E-state index contributed by atoms with van der Waals surface area (Å²) < 4.78 is 0. The molecule has 0 spiro atoms. The van der Waals surface area contributed by atoms with Gasteiger partial charge in [-0.3, -0.25) is 0 Å². The average molecular weight is 272 g/mol. The van der Waals surface area contributed by atoms with Crippen molar-refractivity contribution in [3.05, 3.63) is 69.4 Å². The predicted octanol–water partition coefficient (Wildman–Crippen LogP) is 2.48. The molecular formula is C15H14ClN3. The van der Waals surface area contributed by atoms with E-state index < -0.39 is 0 Å². The van der Waals surface area contributed by atoms with Gasteiger partial charge in [-0.2, -0.15) is 0 Å². The molecule has 0 unspecified atom stereocenters. The van der Waals surface area contributed by atoms with E-state index in [-0.39, 0.29) is 0 Å². The lowest BCUT2D eigenvalue weighted by atomic mass is 10.2. The molecule has 4 heteroatoms. The summed E-state index contributed by atoms with van der Waals surface area (Å²) in [5.41, 5.74) is 2.05. The molecule has 1 aromatic carbocycles. The van der Waals surface area contributed by atoms with Gasteiger partial charge in [0, 0.05) is 29.5 Å². The number of nitrogens with zero attached hydrogens (tertiary/aromatic N) is 3. The minimum Gasteiger partial charge on any atom is -0.354 e. The van der Waals surface area contributed by atoms with Crippen LogP contribution in [0.15, 0.2) is 58.1 Å². The van der Waals surface area contributed by atoms with Gasteiger partial charge in [-0.05, 0) is 43.7 Å². The number of halogens is 1. The maximum atomic E-state index is 6.11. The summed E-state index contributed by atoms with van der Waals surface area (Å²) in [4.78, 5) is 11.2. The van der Waals surface area contributed by atoms with E-state index >= 15 is 0 Å². The van der Waals surface area contributed by atoms with Crippen molar-refractivity contribution in [3.8, 4) is 0 Å². The molecule has 0 atom stereocenters. The molecule has 2 heterocycles. The summed E-state index contributed by atoms with van der Waals surface area (Å²) in [5, 5.41) is 2.47. The Morgan fingerprint density at radius 3 is 2.37 bits per heavy atom. The Hall–Kier alpha value is -1.87. The molecule has 0 amide bonds. The van der Waals surface area contributed by atoms with Crippen LogP contribution in [-0.2, 0) is 0 Å². The van der Waals surface area contributed by atoms with Crippen LogP contribution in [-0.4, -0.2) is 11.4 Å². The molecule has 0 N–H and O–H groups in total. The second kappa shape index (κ2) is 4.67. The standard InChI is InChI=1S/C15H14ClN3/c1-3-19-6-4-11(5-7-19)15-17-13-8-10(2)12(16)9-14(13)18-15/h4-9H,3H2,1-2H3. The van der Waals surface area contributed by atoms with Gasteiger partial charge in [0.1, 0.15) is 0 Å². The van der Waals surface area contributed by atoms with E-state index in [9.17, 15) is 0 Å². The zero-order chi connectivity index (χ0) is 13.4. The zero-order valence-electron chi connectivity index (χ0n) is 10.9. The van der Waals surface area contributed by atoms with Crippen LogP contribution >= 0.6 is 11.6 Å². The van der Waals surface area contributed by atoms with Gasteiger partial charge in [-0.1, -0.05) is 11.6 Å². The number of benzene rings is 1. The van der Waals surface area contributed by atoms with E-state index in [0.717, 1.165) is 39.2 Å². The molecule has 2 aliphatic heterocycles. The molecule has 0 bridgehead atoms. The van der Waals surface area contributed by atoms with Crippen LogP contribution in [0.25, 0.3) is 0 Å². The molecule has 2 aliphatic rings. The topological polar surface area (TPSA) is 28.0 Å². The van der Waals surface area contributed by atoms with Crippen molar-refractivity contribution in [1.82, 2.24) is 4.90 Å². The average Bonchev–Trinajstić information content (AvgIpc) is 2.82. The Kier molecular flexibility index (Phi) is 2.99. The summed E-state index contributed by atoms with van der Waals surface area (Å²) in [5.74, 6) is 0.750. The largest absolute Gasteiger partial charge is 0.354 e. The summed E-state index contributed by atoms with van der Waals surface area (Å²) in [6.07, 6.45) is 8.14. The summed E-state index contributed by atoms with van der Waals surface area (Å²) in [6.45, 7) is 5.04. The van der Waals surface area contributed by atoms with Gasteiger partial charge >= 0.3 is 0 Å². The Bertz CT molecular complexity index is 682. The highest BCUT2D eigenvalue weighted by Gasteiger charge is 2.09. The number of allylic oxidation sites excluding steroid dienone is 3. The van der Waals surface area contributed by atoms with Crippen LogP contribution in [0, 0.1) is 6.92 Å². The molecule has 0 saturated heterocycles. The minimum absolute atomic E-state index is 0.732. The molecule has 19 heavy (non-hydrogen) atoms. The third-order valence-corrected chi connectivity index (χ3v) is 3.63. The first-order chi connectivity index (χ1) is 9.17. The molecular weight excluding hydrogens is 258 g/mol. The fraction of sp³-hybridized carbons (Fsp3) is 0.200. The lowest BCUT2D eigenvalue weighted by Gasteiger charge is -2.15. The van der Waals surface area contributed by atoms with E-state index in [1.807, 2.05) is 43.6 Å². The van der Waals surface area contributed by atoms with Crippen LogP contribution < -0.4 is 10.7 Å². The van der Waals surface area contributed by atoms with Crippen molar-refractivity contribution in [3.63, 3.8) is 0 Å². The van der Waals surface area contributed by atoms with E-state index in [1.54, 1.807) is 0 Å². The Balaban J connectivity index is 2.07. The van der Waals surface area contributed by atoms with Crippen LogP contribution in [0.3, 0.4) is 0 Å². The third-order valence-electron chi connectivity index (χ3n) is 3.22. The quantitative estimate of drug-likeness (QED) is 0.771. The van der Waals surface area contributed by atoms with E-state index in [0.29, 0.717) is 0 Å². The first-order valence-electron chi connectivity index (χ1n) is 6.27. The van der Waals surface area contributed by atoms with Gasteiger partial charge in [-0.15, -0.1) is 0 Å². The van der Waals surface area contributed by atoms with Gasteiger partial charge in [0.05, 0.1) is 10.7 Å². The third kappa shape index (κ3) is 2.22. The number of fused-ring (bicyclic) bond motifs is 1. The van der Waals surface area contributed by atoms with Gasteiger partial charge in [0.15, 0.2) is 5.82 Å². The summed E-state index contributed by atoms with van der Waals surface area (Å²) in [7, 11) is 0. The van der Waals surface area contributed by atoms with Gasteiger partial charge in [0.25, 0.3) is 0 Å². The molecule has 1 aromatic rings. The second-order valence-corrected chi connectivity index (χ2v) is 4.96. The number of hydrogen-bond donors (Lipinski definition) is 0. The number of aryl methyl sites for hydroxylation is 1. The van der Waals surface area contributed by atoms with Crippen LogP contribution in [0.1, 0.15) is 12.5 Å². The van der Waals surface area contributed by atoms with Crippen molar-refractivity contribution in [2.24, 2.45) is 9.98 Å². The van der Waals surface area contributed by atoms with Gasteiger partial charge in [-0.25, -0.2) is 9.98 Å². The van der Waals surface area contributed by atoms with Crippen molar-refractivity contribution in [2.75, 3.05) is 6.54 Å². The van der Waals surface area contributed by atoms with Crippen molar-refractivity contribution < 1.29 is 0 Å². The van der Waals surface area contributed by atoms with Gasteiger partial charge in [0.2, 0.25) is 0 Å². The first-order valence-corrected chi connectivity index (χ1v) is 6.65. The maximum absolute atomic E-state index is 6.11. The monoisotopic (exact) mass is 271 g/mol. The highest BCUT2D eigenvalue weighted by atomic mass is 35.5. The van der Waals surface area contributed by atoms with Crippen LogP contribution in [0.2, 0.25) is 5.02 Å². The fourth-order valence-electron chi connectivity index (χ4n) is 2.03. The molecule has 0 aromatic heterocycles. The molecule has 3 rings (SSSR count). The zero-order valence-corrected chi connectivity index (χ0v) is 11.6. The lowest BCUT2D eigenvalue weighted by molar-refractivity contribution is 0.532. The normalized spacial score (nSPS) is 16.5. The van der Waals surface area contributed by atoms with Crippen LogP contribution in [0.4, 0.5) is 0 Å². The Morgan fingerprint density at radius 1 is 1.11 bits per heavy atom. The Morgan fingerprint density at radius 2 is 1.74 bits per heavy atom. The van der Waals surface area contributed by atoms with Crippen molar-refractivity contribution in [2.45, 2.75) is 13.8 Å². The summed E-state index contributed by atoms with van der Waals surface area (Å²) in [6, 6.07) is 3.85. The molecule has 0 aliphatic carbocycles. The highest BCUT2D eigenvalue weighted by Crippen LogP contribution is 2.17. The molecule has 96 valence electrons. The van der Waals surface area contributed by atoms with Crippen molar-refractivity contribution in [1.29, 1.82) is 0 Å². The number of rotatable bonds is 1. The van der Waals surface area contributed by atoms with E-state index in [4.69, 9.17) is 11.6 Å². The lowest BCUT2D eigenvalue weighted by Crippen LogP contribution is -2.21. The van der Waals surface area contributed by atoms with Crippen molar-refractivity contribution >= 4 is 11.6 Å². The highest BCUT2D eigenvalue weighted by molar-refractivity contribution is 6.31. The smallest absolute Gasteiger partial charge is 0.160 e. The Labute approximate surface area is 116 Å². The second-order valence-electron chi connectivity index (χ2n) is 4.55. The van der Waals surface area contributed by atoms with E-state index in [2.05, 4.69) is 21.8 Å². The van der Waals surface area contributed by atoms with E-state index in [1.165, 1.54) is 0 Å². The van der Waals surface area contributed by atoms with Gasteiger partial charge < -0.3 is 4.90 Å². The SMILES string of the molecule is CCN1C=CC(=C2N=c3cc(C)c(Cl)cc3=N2)C=C1. The fourth-order valence-corrected chi connectivity index (χ4v) is 2.19. The van der Waals surface area contributed by atoms with Crippen LogP contribution in [0.5, 0.6) is 0 Å². The summed E-state index contributed by atoms with van der Waals surface area (Å²) >= 11 is 6.11.